The molecule has 8 heteroatoms. The Hall–Kier alpha value is -2.48. The Labute approximate surface area is 143 Å². The van der Waals surface area contributed by atoms with E-state index in [0.717, 1.165) is 47.7 Å². The normalized spacial score (nSPS) is 17.5. The van der Waals surface area contributed by atoms with Gasteiger partial charge in [0, 0.05) is 19.3 Å². The SMILES string of the molecule is CCn1cc(NC(=O)[C@H]2CCCN2c2ncnc3sccc23)cn1. The van der Waals surface area contributed by atoms with Crippen molar-refractivity contribution in [2.75, 3.05) is 16.8 Å². The van der Waals surface area contributed by atoms with Gasteiger partial charge >= 0.3 is 0 Å². The molecule has 1 fully saturated rings. The number of thiophene rings is 1. The Morgan fingerprint density at radius 1 is 1.46 bits per heavy atom. The van der Waals surface area contributed by atoms with Crippen LogP contribution >= 0.6 is 11.3 Å². The molecule has 124 valence electrons. The number of anilines is 2. The van der Waals surface area contributed by atoms with E-state index < -0.39 is 0 Å². The highest BCUT2D eigenvalue weighted by Gasteiger charge is 2.33. The Morgan fingerprint density at radius 3 is 3.21 bits per heavy atom. The van der Waals surface area contributed by atoms with E-state index in [1.165, 1.54) is 0 Å². The lowest BCUT2D eigenvalue weighted by molar-refractivity contribution is -0.117. The zero-order valence-corrected chi connectivity index (χ0v) is 14.2. The van der Waals surface area contributed by atoms with Crippen LogP contribution in [0.1, 0.15) is 19.8 Å². The second-order valence-corrected chi connectivity index (χ2v) is 6.66. The van der Waals surface area contributed by atoms with E-state index in [2.05, 4.69) is 25.3 Å². The Kier molecular flexibility index (Phi) is 3.89. The molecule has 3 aromatic heterocycles. The molecular weight excluding hydrogens is 324 g/mol. The van der Waals surface area contributed by atoms with Crippen molar-refractivity contribution >= 4 is 39.0 Å². The highest BCUT2D eigenvalue weighted by Crippen LogP contribution is 2.32. The number of fused-ring (bicyclic) bond motifs is 1. The molecule has 4 rings (SSSR count). The minimum absolute atomic E-state index is 0.00913. The number of hydrogen-bond acceptors (Lipinski definition) is 6. The smallest absolute Gasteiger partial charge is 0.247 e. The number of carbonyl (C=O) groups excluding carboxylic acids is 1. The number of aryl methyl sites for hydroxylation is 1. The summed E-state index contributed by atoms with van der Waals surface area (Å²) < 4.78 is 1.79. The van der Waals surface area contributed by atoms with Gasteiger partial charge in [-0.1, -0.05) is 0 Å². The lowest BCUT2D eigenvalue weighted by Crippen LogP contribution is -2.40. The second-order valence-electron chi connectivity index (χ2n) is 5.76. The predicted molar refractivity (Wildman–Crippen MR) is 94.3 cm³/mol. The molecule has 1 amide bonds. The summed E-state index contributed by atoms with van der Waals surface area (Å²) >= 11 is 1.59. The maximum Gasteiger partial charge on any atom is 0.247 e. The van der Waals surface area contributed by atoms with Crippen molar-refractivity contribution in [1.82, 2.24) is 19.7 Å². The molecule has 7 nitrogen and oxygen atoms in total. The molecule has 0 bridgehead atoms. The van der Waals surface area contributed by atoms with Crippen LogP contribution in [0.15, 0.2) is 30.2 Å². The molecule has 0 aromatic carbocycles. The van der Waals surface area contributed by atoms with E-state index in [0.29, 0.717) is 0 Å². The van der Waals surface area contributed by atoms with E-state index >= 15 is 0 Å². The number of aromatic nitrogens is 4. The van der Waals surface area contributed by atoms with Crippen molar-refractivity contribution in [3.05, 3.63) is 30.2 Å². The monoisotopic (exact) mass is 342 g/mol. The summed E-state index contributed by atoms with van der Waals surface area (Å²) in [5, 5.41) is 10.2. The Balaban J connectivity index is 1.58. The minimum Gasteiger partial charge on any atom is -0.344 e. The van der Waals surface area contributed by atoms with E-state index in [-0.39, 0.29) is 11.9 Å². The fraction of sp³-hybridized carbons (Fsp3) is 0.375. The molecule has 0 spiro atoms. The van der Waals surface area contributed by atoms with Crippen LogP contribution in [0.3, 0.4) is 0 Å². The molecular formula is C16H18N6OS. The summed E-state index contributed by atoms with van der Waals surface area (Å²) in [6, 6.07) is 1.81. The minimum atomic E-state index is -0.215. The number of carbonyl (C=O) groups is 1. The second kappa shape index (κ2) is 6.20. The summed E-state index contributed by atoms with van der Waals surface area (Å²) in [4.78, 5) is 24.5. The van der Waals surface area contributed by atoms with Crippen LogP contribution in [0.2, 0.25) is 0 Å². The van der Waals surface area contributed by atoms with Crippen molar-refractivity contribution in [3.8, 4) is 0 Å². The molecule has 24 heavy (non-hydrogen) atoms. The molecule has 1 atom stereocenters. The summed E-state index contributed by atoms with van der Waals surface area (Å²) in [6.07, 6.45) is 6.90. The summed E-state index contributed by atoms with van der Waals surface area (Å²) in [5.41, 5.74) is 0.733. The quantitative estimate of drug-likeness (QED) is 0.788. The van der Waals surface area contributed by atoms with Crippen LogP contribution in [0, 0.1) is 0 Å². The fourth-order valence-electron chi connectivity index (χ4n) is 3.13. The highest BCUT2D eigenvalue weighted by molar-refractivity contribution is 7.16. The summed E-state index contributed by atoms with van der Waals surface area (Å²) in [6.45, 7) is 3.62. The largest absolute Gasteiger partial charge is 0.344 e. The van der Waals surface area contributed by atoms with Gasteiger partial charge < -0.3 is 10.2 Å². The van der Waals surface area contributed by atoms with Crippen LogP contribution in [-0.4, -0.2) is 38.2 Å². The van der Waals surface area contributed by atoms with Gasteiger partial charge in [0.25, 0.3) is 0 Å². The van der Waals surface area contributed by atoms with Gasteiger partial charge in [-0.25, -0.2) is 9.97 Å². The third-order valence-electron chi connectivity index (χ3n) is 4.29. The summed E-state index contributed by atoms with van der Waals surface area (Å²) in [7, 11) is 0. The van der Waals surface area contributed by atoms with Crippen molar-refractivity contribution in [2.45, 2.75) is 32.4 Å². The van der Waals surface area contributed by atoms with Crippen LogP contribution in [0.5, 0.6) is 0 Å². The molecule has 1 aliphatic rings. The van der Waals surface area contributed by atoms with Gasteiger partial charge in [0.1, 0.15) is 23.0 Å². The zero-order chi connectivity index (χ0) is 16.5. The number of nitrogens with zero attached hydrogens (tertiary/aromatic N) is 5. The number of hydrogen-bond donors (Lipinski definition) is 1. The Bertz CT molecular complexity index is 872. The number of rotatable bonds is 4. The average molecular weight is 342 g/mol. The lowest BCUT2D eigenvalue weighted by Gasteiger charge is -2.25. The van der Waals surface area contributed by atoms with Gasteiger partial charge in [0.15, 0.2) is 0 Å². The lowest BCUT2D eigenvalue weighted by atomic mass is 10.2. The molecule has 1 saturated heterocycles. The molecule has 0 unspecified atom stereocenters. The predicted octanol–water partition coefficient (Wildman–Crippen LogP) is 2.52. The van der Waals surface area contributed by atoms with Crippen LogP contribution in [0.4, 0.5) is 11.5 Å². The first kappa shape index (κ1) is 15.1. The van der Waals surface area contributed by atoms with Gasteiger partial charge in [-0.3, -0.25) is 9.48 Å². The van der Waals surface area contributed by atoms with Crippen LogP contribution in [0.25, 0.3) is 10.2 Å². The first-order valence-electron chi connectivity index (χ1n) is 8.04. The third-order valence-corrected chi connectivity index (χ3v) is 5.11. The van der Waals surface area contributed by atoms with Gasteiger partial charge in [0.05, 0.1) is 17.3 Å². The first-order chi connectivity index (χ1) is 11.8. The molecule has 3 aromatic rings. The van der Waals surface area contributed by atoms with Gasteiger partial charge in [-0.2, -0.15) is 5.10 Å². The van der Waals surface area contributed by atoms with E-state index in [4.69, 9.17) is 0 Å². The van der Waals surface area contributed by atoms with Crippen molar-refractivity contribution < 1.29 is 4.79 Å². The molecule has 0 saturated carbocycles. The molecule has 0 aliphatic carbocycles. The highest BCUT2D eigenvalue weighted by atomic mass is 32.1. The van der Waals surface area contributed by atoms with Crippen LogP contribution in [-0.2, 0) is 11.3 Å². The fourth-order valence-corrected chi connectivity index (χ4v) is 3.85. The first-order valence-corrected chi connectivity index (χ1v) is 8.92. The third kappa shape index (κ3) is 2.62. The molecule has 4 heterocycles. The Morgan fingerprint density at radius 2 is 2.38 bits per heavy atom. The molecule has 1 aliphatic heterocycles. The average Bonchev–Trinajstić information content (AvgIpc) is 3.33. The standard InChI is InChI=1S/C16H18N6OS/c1-2-21-9-11(8-19-21)20-15(23)13-4-3-6-22(13)14-12-5-7-24-16(12)18-10-17-14/h5,7-10,13H,2-4,6H2,1H3,(H,20,23)/t13-/m1/s1. The van der Waals surface area contributed by atoms with E-state index in [1.54, 1.807) is 28.5 Å². The number of nitrogens with one attached hydrogen (secondary N) is 1. The zero-order valence-electron chi connectivity index (χ0n) is 13.3. The molecule has 1 N–H and O–H groups in total. The topological polar surface area (TPSA) is 75.9 Å². The van der Waals surface area contributed by atoms with E-state index in [1.807, 2.05) is 24.6 Å². The van der Waals surface area contributed by atoms with Crippen LogP contribution < -0.4 is 10.2 Å². The van der Waals surface area contributed by atoms with Gasteiger partial charge in [-0.15, -0.1) is 11.3 Å². The maximum absolute atomic E-state index is 12.7. The van der Waals surface area contributed by atoms with E-state index in [9.17, 15) is 4.79 Å². The van der Waals surface area contributed by atoms with Gasteiger partial charge in [-0.05, 0) is 31.2 Å². The molecule has 0 radical (unpaired) electrons. The summed E-state index contributed by atoms with van der Waals surface area (Å²) in [5.74, 6) is 0.841. The van der Waals surface area contributed by atoms with Crippen molar-refractivity contribution in [2.24, 2.45) is 0 Å². The van der Waals surface area contributed by atoms with Gasteiger partial charge in [0.2, 0.25) is 5.91 Å². The van der Waals surface area contributed by atoms with Crippen molar-refractivity contribution in [3.63, 3.8) is 0 Å². The maximum atomic E-state index is 12.7. The number of amides is 1. The van der Waals surface area contributed by atoms with Crippen molar-refractivity contribution in [1.29, 1.82) is 0 Å².